The number of rotatable bonds is 8. The van der Waals surface area contributed by atoms with Crippen LogP contribution in [0, 0.1) is 5.41 Å². The van der Waals surface area contributed by atoms with E-state index < -0.39 is 57.0 Å². The van der Waals surface area contributed by atoms with E-state index in [1.54, 1.807) is 6.07 Å². The summed E-state index contributed by atoms with van der Waals surface area (Å²) in [6.45, 7) is 0.418. The molecule has 0 spiro atoms. The van der Waals surface area contributed by atoms with Gasteiger partial charge in [-0.2, -0.15) is 0 Å². The Bertz CT molecular complexity index is 1400. The Labute approximate surface area is 248 Å². The first-order valence-electron chi connectivity index (χ1n) is 10.7. The molecule has 3 N–H and O–H groups in total. The van der Waals surface area contributed by atoms with Crippen molar-refractivity contribution in [3.05, 3.63) is 46.8 Å². The molecule has 2 unspecified atom stereocenters. The number of nitrogens with two attached hydrogens (primary N) is 1. The summed E-state index contributed by atoms with van der Waals surface area (Å²) in [6, 6.07) is 6.44. The average Bonchev–Trinajstić information content (AvgIpc) is 3.30. The molecule has 2 amide bonds. The number of carboxylic acids is 1. The topological polar surface area (TPSA) is 189 Å². The number of benzene rings is 1. The number of hydrogen-bond acceptors (Lipinski definition) is 12. The smallest absolute Gasteiger partial charge is 0.549 e. The van der Waals surface area contributed by atoms with E-state index in [0.29, 0.717) is 0 Å². The van der Waals surface area contributed by atoms with E-state index in [-0.39, 0.29) is 63.1 Å². The summed E-state index contributed by atoms with van der Waals surface area (Å²) in [5, 5.41) is 16.1. The van der Waals surface area contributed by atoms with E-state index >= 15 is 0 Å². The fourth-order valence-corrected chi connectivity index (χ4v) is 7.12. The van der Waals surface area contributed by atoms with Crippen molar-refractivity contribution >= 4 is 67.4 Å². The molecule has 3 heterocycles. The predicted molar refractivity (Wildman–Crippen MR) is 132 cm³/mol. The minimum Gasteiger partial charge on any atom is -0.549 e. The van der Waals surface area contributed by atoms with Gasteiger partial charge in [0.25, 0.3) is 5.91 Å². The SMILES string of the molecule is CC(=O)OCC1(C(=O)[O-])CS[C@@H]2C(NC(=O)C(=CS(=O)(=O)c3ccccc3)c3csc(N)n3)C(=O)N2C1.[Na+]. The molecule has 0 saturated carbocycles. The Morgan fingerprint density at radius 3 is 2.58 bits per heavy atom. The zero-order valence-corrected chi connectivity index (χ0v) is 24.7. The number of carboxylic acid groups (broad SMARTS) is 1. The monoisotopic (exact) mass is 588 g/mol. The van der Waals surface area contributed by atoms with E-state index in [9.17, 15) is 32.7 Å². The first kappa shape index (κ1) is 30.1. The summed E-state index contributed by atoms with van der Waals surface area (Å²) < 4.78 is 30.8. The van der Waals surface area contributed by atoms with E-state index in [2.05, 4.69) is 10.3 Å². The second kappa shape index (κ2) is 11.8. The Kier molecular flexibility index (Phi) is 9.32. The molecular weight excluding hydrogens is 567 g/mol. The molecule has 2 aliphatic heterocycles. The van der Waals surface area contributed by atoms with Crippen molar-refractivity contribution < 1.29 is 67.0 Å². The second-order valence-corrected chi connectivity index (χ2v) is 12.2. The van der Waals surface area contributed by atoms with Crippen molar-refractivity contribution in [2.24, 2.45) is 5.41 Å². The number of aromatic nitrogens is 1. The van der Waals surface area contributed by atoms with Crippen molar-refractivity contribution in [3.63, 3.8) is 0 Å². The van der Waals surface area contributed by atoms with Crippen molar-refractivity contribution in [3.8, 4) is 0 Å². The number of ether oxygens (including phenoxy) is 1. The Balaban J connectivity index is 0.00000400. The predicted octanol–water partition coefficient (Wildman–Crippen LogP) is -3.76. The number of amides is 2. The molecular formula is C22H21N4NaO8S3. The summed E-state index contributed by atoms with van der Waals surface area (Å²) in [5.74, 6) is -3.59. The molecule has 2 fully saturated rings. The molecule has 2 aliphatic rings. The number of aliphatic carboxylic acids is 1. The number of esters is 1. The van der Waals surface area contributed by atoms with Gasteiger partial charge < -0.3 is 30.6 Å². The average molecular weight is 589 g/mol. The summed E-state index contributed by atoms with van der Waals surface area (Å²) in [7, 11) is -4.06. The van der Waals surface area contributed by atoms with Gasteiger partial charge in [-0.15, -0.1) is 23.1 Å². The van der Waals surface area contributed by atoms with Crippen LogP contribution >= 0.6 is 23.1 Å². The molecule has 196 valence electrons. The van der Waals surface area contributed by atoms with Gasteiger partial charge in [-0.1, -0.05) is 18.2 Å². The number of hydrogen-bond donors (Lipinski definition) is 2. The molecule has 38 heavy (non-hydrogen) atoms. The van der Waals surface area contributed by atoms with E-state index in [1.807, 2.05) is 0 Å². The van der Waals surface area contributed by atoms with Gasteiger partial charge in [0.2, 0.25) is 15.7 Å². The summed E-state index contributed by atoms with van der Waals surface area (Å²) in [4.78, 5) is 54.3. The number of nitrogens with one attached hydrogen (secondary N) is 1. The van der Waals surface area contributed by atoms with Crippen molar-refractivity contribution in [2.45, 2.75) is 23.2 Å². The minimum absolute atomic E-state index is 0. The number of carbonyl (C=O) groups is 4. The maximum absolute atomic E-state index is 13.2. The van der Waals surface area contributed by atoms with Gasteiger partial charge in [0.1, 0.15) is 18.0 Å². The number of carbonyl (C=O) groups excluding carboxylic acids is 4. The molecule has 0 bridgehead atoms. The van der Waals surface area contributed by atoms with Crippen LogP contribution in [-0.2, 0) is 33.8 Å². The fourth-order valence-electron chi connectivity index (χ4n) is 3.83. The van der Waals surface area contributed by atoms with E-state index in [4.69, 9.17) is 10.5 Å². The molecule has 0 radical (unpaired) electrons. The maximum atomic E-state index is 13.2. The van der Waals surface area contributed by atoms with Crippen LogP contribution in [0.15, 0.2) is 46.0 Å². The number of β-lactam (4-membered cyclic amide) rings is 1. The van der Waals surface area contributed by atoms with Gasteiger partial charge in [0.15, 0.2) is 5.13 Å². The Morgan fingerprint density at radius 2 is 2.00 bits per heavy atom. The number of thiazole rings is 1. The number of nitrogen functional groups attached to an aromatic ring is 1. The molecule has 16 heteroatoms. The van der Waals surface area contributed by atoms with Gasteiger partial charge in [-0.3, -0.25) is 14.4 Å². The van der Waals surface area contributed by atoms with Crippen LogP contribution in [0.1, 0.15) is 12.6 Å². The molecule has 0 aliphatic carbocycles. The number of anilines is 1. The third kappa shape index (κ3) is 6.07. The zero-order chi connectivity index (χ0) is 27.0. The van der Waals surface area contributed by atoms with Gasteiger partial charge in [0, 0.05) is 24.6 Å². The zero-order valence-electron chi connectivity index (χ0n) is 20.3. The van der Waals surface area contributed by atoms with E-state index in [0.717, 1.165) is 35.4 Å². The number of thioether (sulfide) groups is 1. The quantitative estimate of drug-likeness (QED) is 0.133. The first-order valence-corrected chi connectivity index (χ1v) is 14.2. The maximum Gasteiger partial charge on any atom is 1.00 e. The number of nitrogens with zero attached hydrogens (tertiary/aromatic N) is 2. The fraction of sp³-hybridized carbons (Fsp3) is 0.318. The van der Waals surface area contributed by atoms with Crippen LogP contribution in [0.3, 0.4) is 0 Å². The Hall–Kier alpha value is -2.43. The first-order chi connectivity index (χ1) is 17.4. The van der Waals surface area contributed by atoms with Crippen LogP contribution in [0.25, 0.3) is 5.57 Å². The molecule has 3 atom stereocenters. The van der Waals surface area contributed by atoms with Gasteiger partial charge in [0.05, 0.1) is 33.0 Å². The minimum atomic E-state index is -4.06. The van der Waals surface area contributed by atoms with Crippen LogP contribution in [0.5, 0.6) is 0 Å². The van der Waals surface area contributed by atoms with E-state index in [1.165, 1.54) is 34.5 Å². The normalized spacial score (nSPS) is 22.9. The summed E-state index contributed by atoms with van der Waals surface area (Å²) in [5.41, 5.74) is 3.81. The standard InChI is InChI=1S/C22H22N4O8S3.Na/c1-12(27)34-10-22(20(30)31)9-26-18(29)16(19(26)36-11-22)25-17(28)14(15-7-35-21(23)24-15)8-37(32,33)13-5-3-2-4-6-13;/h2-8,16,19H,9-11H2,1H3,(H2,23,24)(H,25,28)(H,30,31);/q;+1/p-1/t16?,19-,22?;/m1./s1. The van der Waals surface area contributed by atoms with Crippen molar-refractivity contribution in [1.29, 1.82) is 0 Å². The summed E-state index contributed by atoms with van der Waals surface area (Å²) in [6.07, 6.45) is 0. The van der Waals surface area contributed by atoms with Crippen LogP contribution in [-0.4, -0.2) is 72.4 Å². The third-order valence-corrected chi connectivity index (χ3v) is 9.54. The van der Waals surface area contributed by atoms with Gasteiger partial charge >= 0.3 is 35.5 Å². The molecule has 1 aromatic heterocycles. The van der Waals surface area contributed by atoms with Crippen molar-refractivity contribution in [1.82, 2.24) is 15.2 Å². The Morgan fingerprint density at radius 1 is 1.32 bits per heavy atom. The molecule has 1 aromatic carbocycles. The summed E-state index contributed by atoms with van der Waals surface area (Å²) >= 11 is 2.10. The molecule has 12 nitrogen and oxygen atoms in total. The van der Waals surface area contributed by atoms with Crippen molar-refractivity contribution in [2.75, 3.05) is 24.6 Å². The number of sulfone groups is 1. The molecule has 2 aromatic rings. The largest absolute Gasteiger partial charge is 1.00 e. The third-order valence-electron chi connectivity index (χ3n) is 5.80. The van der Waals surface area contributed by atoms with Gasteiger partial charge in [-0.25, -0.2) is 13.4 Å². The molecule has 4 rings (SSSR count). The second-order valence-electron chi connectivity index (χ2n) is 8.43. The van der Waals surface area contributed by atoms with Crippen LogP contribution < -0.4 is 45.7 Å². The van der Waals surface area contributed by atoms with Crippen LogP contribution in [0.2, 0.25) is 0 Å². The van der Waals surface area contributed by atoms with Crippen LogP contribution in [0.4, 0.5) is 5.13 Å². The number of fused-ring (bicyclic) bond motifs is 1. The molecule has 2 saturated heterocycles. The van der Waals surface area contributed by atoms with Gasteiger partial charge in [-0.05, 0) is 12.1 Å².